The average Bonchev–Trinajstić information content (AvgIpc) is 3.18. The monoisotopic (exact) mass is 265 g/mol. The fourth-order valence-electron chi connectivity index (χ4n) is 3.41. The van der Waals surface area contributed by atoms with Crippen LogP contribution in [0.5, 0.6) is 5.75 Å². The van der Waals surface area contributed by atoms with Crippen molar-refractivity contribution in [3.05, 3.63) is 59.7 Å². The minimum Gasteiger partial charge on any atom is -0.497 e. The zero-order chi connectivity index (χ0) is 13.7. The molecule has 2 aromatic rings. The van der Waals surface area contributed by atoms with Gasteiger partial charge in [0, 0.05) is 11.6 Å². The molecular weight excluding hydrogens is 250 g/mol. The van der Waals surface area contributed by atoms with Gasteiger partial charge in [0.15, 0.2) is 0 Å². The number of carbonyl (C=O) groups is 1. The summed E-state index contributed by atoms with van der Waals surface area (Å²) >= 11 is 0. The van der Waals surface area contributed by atoms with Crippen LogP contribution in [0.25, 0.3) is 0 Å². The van der Waals surface area contributed by atoms with E-state index < -0.39 is 0 Å². The SMILES string of the molecule is COc1cccc([C@@H]2C[C@]23C(=O)Nc2ccccc23)c1. The van der Waals surface area contributed by atoms with Crippen LogP contribution < -0.4 is 10.1 Å². The third-order valence-electron chi connectivity index (χ3n) is 4.52. The molecule has 0 saturated heterocycles. The summed E-state index contributed by atoms with van der Waals surface area (Å²) in [5.74, 6) is 1.23. The van der Waals surface area contributed by atoms with E-state index in [2.05, 4.69) is 17.4 Å². The number of hydrogen-bond donors (Lipinski definition) is 1. The first kappa shape index (κ1) is 11.5. The van der Waals surface area contributed by atoms with Crippen LogP contribution in [0.4, 0.5) is 5.69 Å². The van der Waals surface area contributed by atoms with Gasteiger partial charge in [-0.1, -0.05) is 30.3 Å². The lowest BCUT2D eigenvalue weighted by atomic mass is 9.92. The van der Waals surface area contributed by atoms with Crippen molar-refractivity contribution in [3.63, 3.8) is 0 Å². The molecule has 0 radical (unpaired) electrons. The van der Waals surface area contributed by atoms with Crippen LogP contribution in [-0.4, -0.2) is 13.0 Å². The lowest BCUT2D eigenvalue weighted by molar-refractivity contribution is -0.118. The number of para-hydroxylation sites is 1. The number of carbonyl (C=O) groups excluding carboxylic acids is 1. The Balaban J connectivity index is 1.77. The number of nitrogens with one attached hydrogen (secondary N) is 1. The predicted molar refractivity (Wildman–Crippen MR) is 77.1 cm³/mol. The Morgan fingerprint density at radius 2 is 2.05 bits per heavy atom. The molecule has 3 nitrogen and oxygen atoms in total. The number of hydrogen-bond acceptors (Lipinski definition) is 2. The number of benzene rings is 2. The molecule has 100 valence electrons. The summed E-state index contributed by atoms with van der Waals surface area (Å²) in [5.41, 5.74) is 2.92. The van der Waals surface area contributed by atoms with Crippen molar-refractivity contribution in [2.75, 3.05) is 12.4 Å². The summed E-state index contributed by atoms with van der Waals surface area (Å²) in [7, 11) is 1.67. The average molecular weight is 265 g/mol. The van der Waals surface area contributed by atoms with Crippen LogP contribution in [0, 0.1) is 0 Å². The fourth-order valence-corrected chi connectivity index (χ4v) is 3.41. The van der Waals surface area contributed by atoms with Crippen LogP contribution in [0.2, 0.25) is 0 Å². The summed E-state index contributed by atoms with van der Waals surface area (Å²) in [6, 6.07) is 16.0. The summed E-state index contributed by atoms with van der Waals surface area (Å²) < 4.78 is 5.28. The smallest absolute Gasteiger partial charge is 0.235 e. The number of fused-ring (bicyclic) bond motifs is 2. The van der Waals surface area contributed by atoms with Gasteiger partial charge < -0.3 is 10.1 Å². The number of amides is 1. The maximum absolute atomic E-state index is 12.4. The second-order valence-corrected chi connectivity index (χ2v) is 5.50. The molecule has 2 atom stereocenters. The van der Waals surface area contributed by atoms with Gasteiger partial charge in [-0.3, -0.25) is 4.79 Å². The van der Waals surface area contributed by atoms with E-state index in [-0.39, 0.29) is 17.2 Å². The van der Waals surface area contributed by atoms with Gasteiger partial charge in [-0.15, -0.1) is 0 Å². The van der Waals surface area contributed by atoms with Crippen molar-refractivity contribution < 1.29 is 9.53 Å². The highest BCUT2D eigenvalue weighted by atomic mass is 16.5. The summed E-state index contributed by atoms with van der Waals surface area (Å²) in [5, 5.41) is 3.01. The Kier molecular flexibility index (Phi) is 2.22. The molecule has 1 aliphatic carbocycles. The second-order valence-electron chi connectivity index (χ2n) is 5.50. The Hall–Kier alpha value is -2.29. The lowest BCUT2D eigenvalue weighted by Gasteiger charge is -2.09. The van der Waals surface area contributed by atoms with Crippen molar-refractivity contribution in [2.24, 2.45) is 0 Å². The molecule has 1 spiro atoms. The second kappa shape index (κ2) is 3.85. The van der Waals surface area contributed by atoms with E-state index in [4.69, 9.17) is 4.74 Å². The number of methoxy groups -OCH3 is 1. The third-order valence-corrected chi connectivity index (χ3v) is 4.52. The van der Waals surface area contributed by atoms with Gasteiger partial charge in [-0.05, 0) is 35.7 Å². The first-order chi connectivity index (χ1) is 9.75. The van der Waals surface area contributed by atoms with Gasteiger partial charge in [-0.2, -0.15) is 0 Å². The third kappa shape index (κ3) is 1.38. The van der Waals surface area contributed by atoms with Crippen molar-refractivity contribution in [3.8, 4) is 5.75 Å². The Labute approximate surface area is 117 Å². The van der Waals surface area contributed by atoms with Crippen molar-refractivity contribution in [1.29, 1.82) is 0 Å². The minimum absolute atomic E-state index is 0.131. The van der Waals surface area contributed by atoms with Crippen molar-refractivity contribution >= 4 is 11.6 Å². The largest absolute Gasteiger partial charge is 0.497 e. The molecule has 4 rings (SSSR count). The molecular formula is C17H15NO2. The molecule has 1 heterocycles. The summed E-state index contributed by atoms with van der Waals surface area (Å²) in [6.45, 7) is 0. The molecule has 0 unspecified atom stereocenters. The Morgan fingerprint density at radius 3 is 2.90 bits per heavy atom. The van der Waals surface area contributed by atoms with Crippen LogP contribution in [0.15, 0.2) is 48.5 Å². The van der Waals surface area contributed by atoms with E-state index >= 15 is 0 Å². The number of ether oxygens (including phenoxy) is 1. The highest BCUT2D eigenvalue weighted by Crippen LogP contribution is 2.64. The van der Waals surface area contributed by atoms with Crippen LogP contribution >= 0.6 is 0 Å². The normalized spacial score (nSPS) is 26.2. The molecule has 1 fully saturated rings. The number of anilines is 1. The molecule has 2 aromatic carbocycles. The minimum atomic E-state index is -0.358. The van der Waals surface area contributed by atoms with E-state index in [0.29, 0.717) is 0 Å². The maximum atomic E-state index is 12.4. The van der Waals surface area contributed by atoms with Crippen LogP contribution in [0.1, 0.15) is 23.5 Å². The maximum Gasteiger partial charge on any atom is 0.235 e. The first-order valence-corrected chi connectivity index (χ1v) is 6.80. The molecule has 1 aliphatic heterocycles. The van der Waals surface area contributed by atoms with Crippen molar-refractivity contribution in [2.45, 2.75) is 17.8 Å². The quantitative estimate of drug-likeness (QED) is 0.906. The van der Waals surface area contributed by atoms with Gasteiger partial charge in [-0.25, -0.2) is 0 Å². The standard InChI is InChI=1S/C17H15NO2/c1-20-12-6-4-5-11(9-12)14-10-17(14)13-7-2-3-8-15(13)18-16(17)19/h2-9,14H,10H2,1H3,(H,18,19)/t14-,17+/m0/s1. The van der Waals surface area contributed by atoms with Crippen LogP contribution in [-0.2, 0) is 10.2 Å². The summed E-state index contributed by atoms with van der Waals surface area (Å²) in [4.78, 5) is 12.4. The predicted octanol–water partition coefficient (Wildman–Crippen LogP) is 3.07. The van der Waals surface area contributed by atoms with E-state index in [1.807, 2.05) is 36.4 Å². The molecule has 1 saturated carbocycles. The Bertz CT molecular complexity index is 710. The fraction of sp³-hybridized carbons (Fsp3) is 0.235. The van der Waals surface area contributed by atoms with Crippen LogP contribution in [0.3, 0.4) is 0 Å². The van der Waals surface area contributed by atoms with Crippen molar-refractivity contribution in [1.82, 2.24) is 0 Å². The Morgan fingerprint density at radius 1 is 1.20 bits per heavy atom. The topological polar surface area (TPSA) is 38.3 Å². The highest BCUT2D eigenvalue weighted by Gasteiger charge is 2.65. The number of rotatable bonds is 2. The molecule has 3 heteroatoms. The molecule has 20 heavy (non-hydrogen) atoms. The van der Waals surface area contributed by atoms with E-state index in [9.17, 15) is 4.79 Å². The van der Waals surface area contributed by atoms with Gasteiger partial charge in [0.25, 0.3) is 0 Å². The highest BCUT2D eigenvalue weighted by molar-refractivity contribution is 6.09. The lowest BCUT2D eigenvalue weighted by Crippen LogP contribution is -2.20. The molecule has 1 N–H and O–H groups in total. The molecule has 1 amide bonds. The first-order valence-electron chi connectivity index (χ1n) is 6.80. The van der Waals surface area contributed by atoms with Gasteiger partial charge in [0.05, 0.1) is 12.5 Å². The zero-order valence-electron chi connectivity index (χ0n) is 11.2. The van der Waals surface area contributed by atoms with Gasteiger partial charge >= 0.3 is 0 Å². The van der Waals surface area contributed by atoms with E-state index in [1.54, 1.807) is 7.11 Å². The summed E-state index contributed by atoms with van der Waals surface area (Å²) in [6.07, 6.45) is 0.878. The van der Waals surface area contributed by atoms with Gasteiger partial charge in [0.1, 0.15) is 5.75 Å². The molecule has 2 aliphatic rings. The molecule has 0 aromatic heterocycles. The molecule has 0 bridgehead atoms. The van der Waals surface area contributed by atoms with E-state index in [1.165, 1.54) is 5.56 Å². The van der Waals surface area contributed by atoms with E-state index in [0.717, 1.165) is 23.4 Å². The van der Waals surface area contributed by atoms with Gasteiger partial charge in [0.2, 0.25) is 5.91 Å². The zero-order valence-corrected chi connectivity index (χ0v) is 11.2.